The van der Waals surface area contributed by atoms with Gasteiger partial charge in [0.2, 0.25) is 0 Å². The van der Waals surface area contributed by atoms with Crippen molar-refractivity contribution in [2.45, 2.75) is 57.7 Å². The molecule has 3 atom stereocenters. The molecule has 0 amide bonds. The molecular weight excluding hydrogens is 200 g/mol. The summed E-state index contributed by atoms with van der Waals surface area (Å²) in [4.78, 5) is 2.22. The molecule has 0 aliphatic heterocycles. The van der Waals surface area contributed by atoms with Gasteiger partial charge in [-0.05, 0) is 45.7 Å². The van der Waals surface area contributed by atoms with Gasteiger partial charge in [0.15, 0.2) is 0 Å². The molecule has 0 saturated heterocycles. The fourth-order valence-corrected chi connectivity index (χ4v) is 2.64. The number of nitrogens with zero attached hydrogens (tertiary/aromatic N) is 1. The molecule has 1 fully saturated rings. The van der Waals surface area contributed by atoms with E-state index in [1.807, 2.05) is 0 Å². The van der Waals surface area contributed by atoms with Gasteiger partial charge in [-0.15, -0.1) is 0 Å². The number of nitrogens with one attached hydrogen (secondary N) is 1. The zero-order valence-corrected chi connectivity index (χ0v) is 11.2. The van der Waals surface area contributed by atoms with Crippen LogP contribution in [-0.2, 0) is 0 Å². The summed E-state index contributed by atoms with van der Waals surface area (Å²) in [6.45, 7) is 5.58. The first kappa shape index (κ1) is 13.9. The van der Waals surface area contributed by atoms with E-state index in [0.29, 0.717) is 18.0 Å². The number of rotatable bonds is 6. The number of likely N-dealkylation sites (N-methyl/N-ethyl adjacent to an activating group) is 1. The molecule has 3 nitrogen and oxygen atoms in total. The van der Waals surface area contributed by atoms with Crippen LogP contribution in [0.5, 0.6) is 0 Å². The molecule has 0 radical (unpaired) electrons. The topological polar surface area (TPSA) is 35.5 Å². The zero-order chi connectivity index (χ0) is 12.1. The molecule has 0 aromatic heterocycles. The van der Waals surface area contributed by atoms with Crippen LogP contribution in [0.1, 0.15) is 39.5 Å². The van der Waals surface area contributed by atoms with Crippen LogP contribution in [0.3, 0.4) is 0 Å². The van der Waals surface area contributed by atoms with Crippen molar-refractivity contribution >= 4 is 0 Å². The largest absolute Gasteiger partial charge is 0.392 e. The van der Waals surface area contributed by atoms with E-state index in [2.05, 4.69) is 38.2 Å². The lowest BCUT2D eigenvalue weighted by molar-refractivity contribution is 0.136. The monoisotopic (exact) mass is 228 g/mol. The Kier molecular flexibility index (Phi) is 5.73. The molecule has 1 aliphatic carbocycles. The lowest BCUT2D eigenvalue weighted by atomic mass is 10.0. The first-order valence-electron chi connectivity index (χ1n) is 6.58. The maximum Gasteiger partial charge on any atom is 0.0693 e. The predicted molar refractivity (Wildman–Crippen MR) is 68.6 cm³/mol. The molecule has 0 bridgehead atoms. The molecule has 0 heterocycles. The number of hydrogen-bond acceptors (Lipinski definition) is 3. The molecule has 2 N–H and O–H groups in total. The van der Waals surface area contributed by atoms with Gasteiger partial charge >= 0.3 is 0 Å². The van der Waals surface area contributed by atoms with Crippen LogP contribution in [-0.4, -0.2) is 48.8 Å². The summed E-state index contributed by atoms with van der Waals surface area (Å²) in [6.07, 6.45) is 4.31. The highest BCUT2D eigenvalue weighted by Crippen LogP contribution is 2.20. The number of hydrogen-bond donors (Lipinski definition) is 2. The maximum absolute atomic E-state index is 9.83. The number of aliphatic hydroxyl groups excluding tert-OH is 1. The van der Waals surface area contributed by atoms with E-state index in [-0.39, 0.29) is 6.10 Å². The summed E-state index contributed by atoms with van der Waals surface area (Å²) in [5.41, 5.74) is 0. The van der Waals surface area contributed by atoms with Crippen molar-refractivity contribution in [1.82, 2.24) is 10.2 Å². The lowest BCUT2D eigenvalue weighted by Crippen LogP contribution is -2.47. The van der Waals surface area contributed by atoms with Crippen LogP contribution >= 0.6 is 0 Å². The predicted octanol–water partition coefficient (Wildman–Crippen LogP) is 1.47. The lowest BCUT2D eigenvalue weighted by Gasteiger charge is -2.28. The maximum atomic E-state index is 9.83. The van der Waals surface area contributed by atoms with Crippen molar-refractivity contribution in [3.05, 3.63) is 0 Å². The van der Waals surface area contributed by atoms with Gasteiger partial charge in [-0.25, -0.2) is 0 Å². The molecule has 1 rings (SSSR count). The van der Waals surface area contributed by atoms with E-state index in [1.165, 1.54) is 6.42 Å². The average Bonchev–Trinajstić information content (AvgIpc) is 2.49. The third-order valence-corrected chi connectivity index (χ3v) is 3.27. The quantitative estimate of drug-likeness (QED) is 0.722. The Morgan fingerprint density at radius 1 is 1.31 bits per heavy atom. The van der Waals surface area contributed by atoms with Gasteiger partial charge in [-0.3, -0.25) is 0 Å². The van der Waals surface area contributed by atoms with Gasteiger partial charge < -0.3 is 15.3 Å². The minimum absolute atomic E-state index is 0.128. The van der Waals surface area contributed by atoms with Crippen molar-refractivity contribution in [2.75, 3.05) is 20.6 Å². The van der Waals surface area contributed by atoms with Gasteiger partial charge in [0, 0.05) is 18.6 Å². The second kappa shape index (κ2) is 6.58. The van der Waals surface area contributed by atoms with Gasteiger partial charge in [0.1, 0.15) is 0 Å². The fourth-order valence-electron chi connectivity index (χ4n) is 2.64. The third kappa shape index (κ3) is 4.81. The second-order valence-electron chi connectivity index (χ2n) is 5.86. The van der Waals surface area contributed by atoms with E-state index in [1.54, 1.807) is 0 Å². The van der Waals surface area contributed by atoms with Crippen molar-refractivity contribution in [3.63, 3.8) is 0 Å². The SMILES string of the molecule is CC(C)CC(CN(C)C)N[C@@H]1CCC[C@H]1O. The Morgan fingerprint density at radius 3 is 2.44 bits per heavy atom. The van der Waals surface area contributed by atoms with Crippen molar-refractivity contribution in [1.29, 1.82) is 0 Å². The molecule has 1 saturated carbocycles. The molecule has 1 aliphatic rings. The highest BCUT2D eigenvalue weighted by molar-refractivity contribution is 4.86. The Balaban J connectivity index is 2.41. The van der Waals surface area contributed by atoms with Gasteiger partial charge in [0.25, 0.3) is 0 Å². The Bertz CT molecular complexity index is 184. The molecule has 96 valence electrons. The molecule has 1 unspecified atom stereocenters. The summed E-state index contributed by atoms with van der Waals surface area (Å²) >= 11 is 0. The Hall–Kier alpha value is -0.120. The molecule has 0 aromatic rings. The first-order valence-corrected chi connectivity index (χ1v) is 6.58. The van der Waals surface area contributed by atoms with Crippen LogP contribution in [0.25, 0.3) is 0 Å². The van der Waals surface area contributed by atoms with Crippen molar-refractivity contribution < 1.29 is 5.11 Å². The van der Waals surface area contributed by atoms with Crippen LogP contribution in [0.15, 0.2) is 0 Å². The Morgan fingerprint density at radius 2 is 2.00 bits per heavy atom. The molecule has 3 heteroatoms. The molecule has 16 heavy (non-hydrogen) atoms. The minimum atomic E-state index is -0.128. The zero-order valence-electron chi connectivity index (χ0n) is 11.2. The Labute approximate surface area is 100 Å². The first-order chi connectivity index (χ1) is 7.49. The standard InChI is InChI=1S/C13H28N2O/c1-10(2)8-11(9-15(3)4)14-12-6-5-7-13(12)16/h10-14,16H,5-9H2,1-4H3/t11?,12-,13-/m1/s1. The van der Waals surface area contributed by atoms with Crippen molar-refractivity contribution in [2.24, 2.45) is 5.92 Å². The smallest absolute Gasteiger partial charge is 0.0693 e. The normalized spacial score (nSPS) is 27.9. The van der Waals surface area contributed by atoms with E-state index in [4.69, 9.17) is 0 Å². The highest BCUT2D eigenvalue weighted by Gasteiger charge is 2.27. The van der Waals surface area contributed by atoms with E-state index < -0.39 is 0 Å². The molecular formula is C13H28N2O. The van der Waals surface area contributed by atoms with Crippen molar-refractivity contribution in [3.8, 4) is 0 Å². The van der Waals surface area contributed by atoms with Crippen LogP contribution in [0, 0.1) is 5.92 Å². The fraction of sp³-hybridized carbons (Fsp3) is 1.00. The van der Waals surface area contributed by atoms with E-state index in [9.17, 15) is 5.11 Å². The van der Waals surface area contributed by atoms with Crippen LogP contribution in [0.4, 0.5) is 0 Å². The van der Waals surface area contributed by atoms with Gasteiger partial charge in [-0.2, -0.15) is 0 Å². The number of aliphatic hydroxyl groups is 1. The summed E-state index contributed by atoms with van der Waals surface area (Å²) in [5.74, 6) is 0.705. The summed E-state index contributed by atoms with van der Waals surface area (Å²) in [6, 6.07) is 0.830. The van der Waals surface area contributed by atoms with Crippen LogP contribution in [0.2, 0.25) is 0 Å². The second-order valence-corrected chi connectivity index (χ2v) is 5.86. The average molecular weight is 228 g/mol. The van der Waals surface area contributed by atoms with E-state index >= 15 is 0 Å². The molecule has 0 spiro atoms. The summed E-state index contributed by atoms with van der Waals surface area (Å²) in [5, 5.41) is 13.5. The minimum Gasteiger partial charge on any atom is -0.392 e. The highest BCUT2D eigenvalue weighted by atomic mass is 16.3. The molecule has 0 aromatic carbocycles. The van der Waals surface area contributed by atoms with Crippen LogP contribution < -0.4 is 5.32 Å². The summed E-state index contributed by atoms with van der Waals surface area (Å²) in [7, 11) is 4.22. The summed E-state index contributed by atoms with van der Waals surface area (Å²) < 4.78 is 0. The van der Waals surface area contributed by atoms with Gasteiger partial charge in [-0.1, -0.05) is 13.8 Å². The van der Waals surface area contributed by atoms with E-state index in [0.717, 1.165) is 25.8 Å². The van der Waals surface area contributed by atoms with Gasteiger partial charge in [0.05, 0.1) is 6.10 Å². The third-order valence-electron chi connectivity index (χ3n) is 3.27.